The lowest BCUT2D eigenvalue weighted by atomic mass is 9.85. The minimum atomic E-state index is -5.19. The van der Waals surface area contributed by atoms with Crippen LogP contribution < -0.4 is 5.11 Å². The van der Waals surface area contributed by atoms with Gasteiger partial charge in [0.15, 0.2) is 6.79 Å². The number of carboxylic acid groups (broad SMARTS) is 1. The van der Waals surface area contributed by atoms with E-state index in [1.807, 2.05) is 60.7 Å². The fourth-order valence-corrected chi connectivity index (χ4v) is 9.06. The van der Waals surface area contributed by atoms with Crippen LogP contribution in [0.25, 0.3) is 0 Å². The molecule has 2 atom stereocenters. The first-order valence-electron chi connectivity index (χ1n) is 20.8. The summed E-state index contributed by atoms with van der Waals surface area (Å²) in [5.74, 6) is -3.72. The summed E-state index contributed by atoms with van der Waals surface area (Å²) in [5.41, 5.74) is -0.180. The summed E-state index contributed by atoms with van der Waals surface area (Å²) < 4.78 is 51.3. The zero-order valence-electron chi connectivity index (χ0n) is 32.7. The van der Waals surface area contributed by atoms with Crippen LogP contribution in [0.5, 0.6) is 0 Å². The molecule has 2 bridgehead atoms. The number of quaternary nitrogens is 1. The number of ether oxygens (including phenoxy) is 3. The standard InChI is InChI=1S/C42H62NO5.C2HF3O2/c1-2-3-4-5-6-7-8-9-10-11-12-13-20-27-40(44)46-34-47-42(35-23-16-14-17-24-35,36-25-18-15-19-26-36)41(45)48-39-32-37-28-29-38(33-39)43(37)30-21-22-31-43;3-2(4,5)1(6)7/h14-19,23-26,37-39H,2-13,20-22,27-34H2,1H3;(H,6,7)/q+1;/p-1. The van der Waals surface area contributed by atoms with Crippen LogP contribution in [-0.4, -0.2) is 66.6 Å². The van der Waals surface area contributed by atoms with E-state index in [-0.39, 0.29) is 18.9 Å². The second-order valence-electron chi connectivity index (χ2n) is 15.6. The smallest absolute Gasteiger partial charge is 0.430 e. The lowest BCUT2D eigenvalue weighted by Gasteiger charge is -2.47. The highest BCUT2D eigenvalue weighted by atomic mass is 19.4. The Bertz CT molecular complexity index is 1380. The zero-order valence-corrected chi connectivity index (χ0v) is 32.7. The van der Waals surface area contributed by atoms with Crippen LogP contribution >= 0.6 is 0 Å². The summed E-state index contributed by atoms with van der Waals surface area (Å²) in [7, 11) is 0. The van der Waals surface area contributed by atoms with Gasteiger partial charge in [-0.15, -0.1) is 0 Å². The molecule has 0 amide bonds. The van der Waals surface area contributed by atoms with Crippen molar-refractivity contribution in [2.45, 2.75) is 165 Å². The molecule has 0 saturated carbocycles. The van der Waals surface area contributed by atoms with Gasteiger partial charge >= 0.3 is 18.1 Å². The van der Waals surface area contributed by atoms with E-state index < -0.39 is 23.7 Å². The van der Waals surface area contributed by atoms with Crippen molar-refractivity contribution in [2.75, 3.05) is 19.9 Å². The zero-order chi connectivity index (χ0) is 39.6. The normalized spacial score (nSPS) is 20.1. The third-order valence-corrected chi connectivity index (χ3v) is 11.9. The van der Waals surface area contributed by atoms with Crippen molar-refractivity contribution in [3.63, 3.8) is 0 Å². The number of piperidine rings is 1. The van der Waals surface area contributed by atoms with Gasteiger partial charge in [-0.1, -0.05) is 145 Å². The quantitative estimate of drug-likeness (QED) is 0.0540. The average molecular weight is 774 g/mol. The number of esters is 2. The van der Waals surface area contributed by atoms with E-state index in [9.17, 15) is 22.8 Å². The van der Waals surface area contributed by atoms with E-state index in [1.165, 1.54) is 107 Å². The van der Waals surface area contributed by atoms with Gasteiger partial charge in [-0.2, -0.15) is 13.2 Å². The summed E-state index contributed by atoms with van der Waals surface area (Å²) >= 11 is 0. The molecule has 11 heteroatoms. The highest BCUT2D eigenvalue weighted by Gasteiger charge is 2.57. The van der Waals surface area contributed by atoms with Gasteiger partial charge in [0, 0.05) is 44.9 Å². The SMILES string of the molecule is CCCCCCCCCCCCCCCC(=O)OCOC(C(=O)OC1CC2CCC(C1)[N+]21CCCC1)(c1ccccc1)c1ccccc1.O=C([O-])C(F)(F)F. The monoisotopic (exact) mass is 773 g/mol. The summed E-state index contributed by atoms with van der Waals surface area (Å²) in [6.45, 7) is 4.51. The van der Waals surface area contributed by atoms with Crippen molar-refractivity contribution in [1.29, 1.82) is 0 Å². The van der Waals surface area contributed by atoms with Crippen molar-refractivity contribution >= 4 is 17.9 Å². The van der Waals surface area contributed by atoms with Gasteiger partial charge in [-0.3, -0.25) is 4.79 Å². The number of nitrogens with zero attached hydrogens (tertiary/aromatic N) is 1. The fourth-order valence-electron chi connectivity index (χ4n) is 9.06. The minimum Gasteiger partial charge on any atom is -0.542 e. The minimum absolute atomic E-state index is 0.132. The molecule has 0 aliphatic carbocycles. The van der Waals surface area contributed by atoms with E-state index in [2.05, 4.69) is 6.92 Å². The predicted molar refractivity (Wildman–Crippen MR) is 202 cm³/mol. The largest absolute Gasteiger partial charge is 0.542 e. The number of benzene rings is 2. The molecule has 8 nitrogen and oxygen atoms in total. The first-order chi connectivity index (χ1) is 26.5. The number of carbonyl (C=O) groups excluding carboxylic acids is 3. The van der Waals surface area contributed by atoms with Crippen molar-refractivity contribution in [3.05, 3.63) is 71.8 Å². The van der Waals surface area contributed by atoms with Crippen LogP contribution in [0.15, 0.2) is 60.7 Å². The van der Waals surface area contributed by atoms with Gasteiger partial charge < -0.3 is 28.6 Å². The first kappa shape index (κ1) is 44.3. The van der Waals surface area contributed by atoms with Gasteiger partial charge in [-0.05, 0) is 17.5 Å². The number of aliphatic carboxylic acids is 1. The van der Waals surface area contributed by atoms with Gasteiger partial charge in [0.2, 0.25) is 5.60 Å². The Kier molecular flexibility index (Phi) is 18.0. The molecule has 0 N–H and O–H groups in total. The Labute approximate surface area is 325 Å². The summed E-state index contributed by atoms with van der Waals surface area (Å²) in [6, 6.07) is 20.3. The highest BCUT2D eigenvalue weighted by molar-refractivity contribution is 5.86. The first-order valence-corrected chi connectivity index (χ1v) is 20.8. The lowest BCUT2D eigenvalue weighted by Crippen LogP contribution is -2.60. The van der Waals surface area contributed by atoms with Crippen molar-refractivity contribution in [3.8, 4) is 0 Å². The molecule has 0 aromatic heterocycles. The second kappa shape index (κ2) is 22.3. The van der Waals surface area contributed by atoms with Crippen LogP contribution in [0, 0.1) is 0 Å². The van der Waals surface area contributed by atoms with E-state index >= 15 is 0 Å². The fraction of sp³-hybridized carbons (Fsp3) is 0.659. The molecule has 2 aromatic carbocycles. The van der Waals surface area contributed by atoms with Gasteiger partial charge in [0.25, 0.3) is 0 Å². The molecule has 3 heterocycles. The summed E-state index contributed by atoms with van der Waals surface area (Å²) in [4.78, 5) is 36.0. The number of carbonyl (C=O) groups is 3. The third kappa shape index (κ3) is 12.8. The predicted octanol–water partition coefficient (Wildman–Crippen LogP) is 9.07. The Balaban J connectivity index is 0.000000876. The molecule has 0 radical (unpaired) electrons. The Morgan fingerprint density at radius 1 is 0.709 bits per heavy atom. The van der Waals surface area contributed by atoms with Gasteiger partial charge in [-0.25, -0.2) is 4.79 Å². The molecule has 1 spiro atoms. The van der Waals surface area contributed by atoms with Crippen LogP contribution in [0.1, 0.15) is 146 Å². The molecule has 3 aliphatic heterocycles. The number of rotatable bonds is 21. The van der Waals surface area contributed by atoms with Crippen molar-refractivity contribution < 1.29 is 51.4 Å². The van der Waals surface area contributed by atoms with Gasteiger partial charge in [0.1, 0.15) is 12.1 Å². The summed E-state index contributed by atoms with van der Waals surface area (Å²) in [6.07, 6.45) is 18.3. The van der Waals surface area contributed by atoms with Gasteiger partial charge in [0.05, 0.1) is 25.2 Å². The molecule has 3 saturated heterocycles. The molecule has 2 aromatic rings. The molecular weight excluding hydrogens is 711 g/mol. The maximum atomic E-state index is 14.5. The molecule has 2 unspecified atom stereocenters. The number of unbranched alkanes of at least 4 members (excludes halogenated alkanes) is 12. The van der Waals surface area contributed by atoms with E-state index in [0.29, 0.717) is 29.6 Å². The van der Waals surface area contributed by atoms with Crippen LogP contribution in [0.3, 0.4) is 0 Å². The highest BCUT2D eigenvalue weighted by Crippen LogP contribution is 2.47. The molecule has 55 heavy (non-hydrogen) atoms. The number of alkyl halides is 3. The van der Waals surface area contributed by atoms with E-state index in [4.69, 9.17) is 24.1 Å². The number of hydrogen-bond donors (Lipinski definition) is 0. The Morgan fingerprint density at radius 3 is 1.58 bits per heavy atom. The number of halogens is 3. The van der Waals surface area contributed by atoms with Crippen LogP contribution in [0.4, 0.5) is 13.2 Å². The Morgan fingerprint density at radius 2 is 1.15 bits per heavy atom. The van der Waals surface area contributed by atoms with Crippen LogP contribution in [-0.2, 0) is 34.2 Å². The summed E-state index contributed by atoms with van der Waals surface area (Å²) in [5, 5.41) is 8.78. The molecule has 306 valence electrons. The topological polar surface area (TPSA) is 102 Å². The maximum Gasteiger partial charge on any atom is 0.430 e. The van der Waals surface area contributed by atoms with Crippen LogP contribution in [0.2, 0.25) is 0 Å². The van der Waals surface area contributed by atoms with Crippen molar-refractivity contribution in [1.82, 2.24) is 0 Å². The van der Waals surface area contributed by atoms with E-state index in [1.54, 1.807) is 0 Å². The third-order valence-electron chi connectivity index (χ3n) is 11.9. The lowest BCUT2D eigenvalue weighted by molar-refractivity contribution is -0.956. The molecular formula is C44H62F3NO7. The second-order valence-corrected chi connectivity index (χ2v) is 15.6. The molecule has 5 rings (SSSR count). The maximum absolute atomic E-state index is 14.5. The molecule has 3 aliphatic rings. The molecule has 3 fully saturated rings. The number of carboxylic acids is 1. The van der Waals surface area contributed by atoms with Crippen molar-refractivity contribution in [2.24, 2.45) is 0 Å². The average Bonchev–Trinajstić information content (AvgIpc) is 3.72. The van der Waals surface area contributed by atoms with E-state index in [0.717, 1.165) is 32.1 Å². The number of hydrogen-bond acceptors (Lipinski definition) is 7. The Hall–Kier alpha value is -3.44.